The molecule has 0 saturated carbocycles. The normalized spacial score (nSPS) is 14.5. The third-order valence-electron chi connectivity index (χ3n) is 4.10. The molecule has 0 fully saturated rings. The number of nitrogens with zero attached hydrogens (tertiary/aromatic N) is 5. The topological polar surface area (TPSA) is 58.9 Å². The Morgan fingerprint density at radius 2 is 2.17 bits per heavy atom. The first-order valence-corrected chi connectivity index (χ1v) is 8.97. The maximum Gasteiger partial charge on any atom is 0.126 e. The third kappa shape index (κ3) is 3.47. The number of hydrogen-bond acceptors (Lipinski definition) is 6. The lowest BCUT2D eigenvalue weighted by Gasteiger charge is -2.26. The average molecular weight is 340 g/mol. The zero-order valence-corrected chi connectivity index (χ0v) is 14.5. The fraction of sp³-hybridized carbons (Fsp3) is 0.353. The van der Waals surface area contributed by atoms with Gasteiger partial charge in [-0.15, -0.1) is 11.3 Å². The van der Waals surface area contributed by atoms with Crippen LogP contribution in [-0.4, -0.2) is 31.0 Å². The fourth-order valence-corrected chi connectivity index (χ4v) is 3.54. The molecule has 4 rings (SSSR count). The second-order valence-corrected chi connectivity index (χ2v) is 7.04. The molecule has 0 amide bonds. The van der Waals surface area contributed by atoms with Gasteiger partial charge in [-0.3, -0.25) is 4.90 Å². The van der Waals surface area contributed by atoms with Crippen LogP contribution in [0.2, 0.25) is 0 Å². The highest BCUT2D eigenvalue weighted by atomic mass is 32.1. The van der Waals surface area contributed by atoms with Crippen LogP contribution in [0.25, 0.3) is 0 Å². The van der Waals surface area contributed by atoms with E-state index in [2.05, 4.69) is 43.3 Å². The zero-order chi connectivity index (χ0) is 16.4. The van der Waals surface area contributed by atoms with Crippen molar-refractivity contribution in [3.05, 3.63) is 58.2 Å². The summed E-state index contributed by atoms with van der Waals surface area (Å²) in [6.07, 6.45) is 3.94. The number of nitrogens with one attached hydrogen (secondary N) is 1. The van der Waals surface area contributed by atoms with Gasteiger partial charge in [0.2, 0.25) is 0 Å². The summed E-state index contributed by atoms with van der Waals surface area (Å²) in [5.74, 6) is 2.01. The summed E-state index contributed by atoms with van der Waals surface area (Å²) in [7, 11) is 0. The van der Waals surface area contributed by atoms with Gasteiger partial charge in [0, 0.05) is 37.4 Å². The molecule has 7 heteroatoms. The van der Waals surface area contributed by atoms with Gasteiger partial charge in [-0.1, -0.05) is 6.07 Å². The Morgan fingerprint density at radius 3 is 2.96 bits per heavy atom. The van der Waals surface area contributed by atoms with Crippen LogP contribution >= 0.6 is 11.3 Å². The molecule has 4 heterocycles. The molecule has 6 nitrogen and oxygen atoms in total. The molecule has 0 spiro atoms. The van der Waals surface area contributed by atoms with E-state index in [9.17, 15) is 0 Å². The largest absolute Gasteiger partial charge is 0.364 e. The summed E-state index contributed by atoms with van der Waals surface area (Å²) in [6.45, 7) is 6.54. The van der Waals surface area contributed by atoms with Gasteiger partial charge in [-0.05, 0) is 19.1 Å². The van der Waals surface area contributed by atoms with Gasteiger partial charge in [0.1, 0.15) is 11.6 Å². The van der Waals surface area contributed by atoms with Gasteiger partial charge in [0.05, 0.1) is 29.5 Å². The van der Waals surface area contributed by atoms with E-state index in [0.717, 1.165) is 54.2 Å². The molecular formula is C17H20N6S. The molecule has 0 radical (unpaired) electrons. The van der Waals surface area contributed by atoms with Crippen molar-refractivity contribution in [1.29, 1.82) is 0 Å². The number of thiazole rings is 1. The Hall–Kier alpha value is -2.25. The minimum atomic E-state index is 0.697. The number of pyridine rings is 1. The molecule has 0 bridgehead atoms. The van der Waals surface area contributed by atoms with Gasteiger partial charge < -0.3 is 9.88 Å². The van der Waals surface area contributed by atoms with Gasteiger partial charge in [0.15, 0.2) is 0 Å². The number of hydrogen-bond donors (Lipinski definition) is 1. The molecule has 1 N–H and O–H groups in total. The highest BCUT2D eigenvalue weighted by Gasteiger charge is 2.19. The van der Waals surface area contributed by atoms with Crippen molar-refractivity contribution in [2.45, 2.75) is 33.1 Å². The van der Waals surface area contributed by atoms with Crippen molar-refractivity contribution in [2.24, 2.45) is 0 Å². The molecule has 0 saturated heterocycles. The molecule has 124 valence electrons. The summed E-state index contributed by atoms with van der Waals surface area (Å²) in [6, 6.07) is 5.86. The lowest BCUT2D eigenvalue weighted by Crippen LogP contribution is -2.33. The third-order valence-corrected chi connectivity index (χ3v) is 4.92. The first kappa shape index (κ1) is 15.3. The summed E-state index contributed by atoms with van der Waals surface area (Å²) < 4.78 is 2.26. The van der Waals surface area contributed by atoms with Gasteiger partial charge in [-0.2, -0.15) is 0 Å². The minimum Gasteiger partial charge on any atom is -0.364 e. The van der Waals surface area contributed by atoms with Crippen LogP contribution in [0.15, 0.2) is 36.0 Å². The first-order valence-electron chi connectivity index (χ1n) is 8.09. The maximum atomic E-state index is 4.78. The predicted molar refractivity (Wildman–Crippen MR) is 94.8 cm³/mol. The van der Waals surface area contributed by atoms with E-state index in [1.165, 1.54) is 0 Å². The van der Waals surface area contributed by atoms with E-state index in [0.29, 0.717) is 6.54 Å². The minimum absolute atomic E-state index is 0.697. The van der Waals surface area contributed by atoms with Gasteiger partial charge in [-0.25, -0.2) is 15.0 Å². The lowest BCUT2D eigenvalue weighted by atomic mass is 10.3. The monoisotopic (exact) mass is 340 g/mol. The van der Waals surface area contributed by atoms with E-state index in [4.69, 9.17) is 4.98 Å². The summed E-state index contributed by atoms with van der Waals surface area (Å²) in [5, 5.41) is 6.60. The number of aromatic nitrogens is 4. The molecule has 0 atom stereocenters. The van der Waals surface area contributed by atoms with Crippen LogP contribution < -0.4 is 5.32 Å². The molecule has 1 aliphatic heterocycles. The van der Waals surface area contributed by atoms with Gasteiger partial charge in [0.25, 0.3) is 0 Å². The van der Waals surface area contributed by atoms with Crippen LogP contribution in [0.3, 0.4) is 0 Å². The Kier molecular flexibility index (Phi) is 4.27. The number of fused-ring (bicyclic) bond motifs is 1. The van der Waals surface area contributed by atoms with Crippen molar-refractivity contribution in [1.82, 2.24) is 24.4 Å². The second kappa shape index (κ2) is 6.70. The van der Waals surface area contributed by atoms with Crippen LogP contribution in [0.1, 0.15) is 22.2 Å². The summed E-state index contributed by atoms with van der Waals surface area (Å²) >= 11 is 1.71. The highest BCUT2D eigenvalue weighted by molar-refractivity contribution is 7.09. The zero-order valence-electron chi connectivity index (χ0n) is 13.6. The fourth-order valence-electron chi connectivity index (χ4n) is 2.94. The van der Waals surface area contributed by atoms with Crippen molar-refractivity contribution < 1.29 is 0 Å². The van der Waals surface area contributed by atoms with Crippen molar-refractivity contribution >= 4 is 17.2 Å². The Balaban J connectivity index is 1.38. The van der Waals surface area contributed by atoms with E-state index >= 15 is 0 Å². The highest BCUT2D eigenvalue weighted by Crippen LogP contribution is 2.17. The Morgan fingerprint density at radius 1 is 1.21 bits per heavy atom. The van der Waals surface area contributed by atoms with Crippen LogP contribution in [0.5, 0.6) is 0 Å². The van der Waals surface area contributed by atoms with Crippen LogP contribution in [0, 0.1) is 6.92 Å². The average Bonchev–Trinajstić information content (AvgIpc) is 3.19. The summed E-state index contributed by atoms with van der Waals surface area (Å²) in [4.78, 5) is 16.0. The van der Waals surface area contributed by atoms with Crippen LogP contribution in [0.4, 0.5) is 5.82 Å². The van der Waals surface area contributed by atoms with E-state index in [1.807, 2.05) is 18.2 Å². The van der Waals surface area contributed by atoms with Crippen LogP contribution in [-0.2, 0) is 26.2 Å². The molecular weight excluding hydrogens is 320 g/mol. The first-order chi connectivity index (χ1) is 11.8. The van der Waals surface area contributed by atoms with E-state index < -0.39 is 0 Å². The SMILES string of the molecule is Cc1nc(CN2CCn3cc(CNc4ccccn4)nc3C2)cs1. The summed E-state index contributed by atoms with van der Waals surface area (Å²) in [5.41, 5.74) is 2.22. The number of imidazole rings is 1. The standard InChI is InChI=1S/C17H20N6S/c1-13-20-15(12-24-13)9-22-6-7-23-10-14(21-17(23)11-22)8-19-16-4-2-3-5-18-16/h2-5,10,12H,6-9,11H2,1H3,(H,18,19). The van der Waals surface area contributed by atoms with E-state index in [-0.39, 0.29) is 0 Å². The smallest absolute Gasteiger partial charge is 0.126 e. The predicted octanol–water partition coefficient (Wildman–Crippen LogP) is 2.67. The number of anilines is 1. The maximum absolute atomic E-state index is 4.78. The number of rotatable bonds is 5. The Labute approximate surface area is 145 Å². The molecule has 0 unspecified atom stereocenters. The molecule has 3 aromatic heterocycles. The molecule has 24 heavy (non-hydrogen) atoms. The van der Waals surface area contributed by atoms with Crippen molar-refractivity contribution in [3.8, 4) is 0 Å². The quantitative estimate of drug-likeness (QED) is 0.774. The van der Waals surface area contributed by atoms with Crippen molar-refractivity contribution in [3.63, 3.8) is 0 Å². The Bertz CT molecular complexity index is 810. The van der Waals surface area contributed by atoms with E-state index in [1.54, 1.807) is 17.5 Å². The molecule has 3 aromatic rings. The van der Waals surface area contributed by atoms with Gasteiger partial charge >= 0.3 is 0 Å². The number of aryl methyl sites for hydroxylation is 1. The van der Waals surface area contributed by atoms with Crippen molar-refractivity contribution in [2.75, 3.05) is 11.9 Å². The molecule has 0 aliphatic carbocycles. The lowest BCUT2D eigenvalue weighted by molar-refractivity contribution is 0.207. The molecule has 1 aliphatic rings. The molecule has 0 aromatic carbocycles. The second-order valence-electron chi connectivity index (χ2n) is 5.98.